The lowest BCUT2D eigenvalue weighted by atomic mass is 9.92. The summed E-state index contributed by atoms with van der Waals surface area (Å²) in [5, 5.41) is 17.8. The van der Waals surface area contributed by atoms with Gasteiger partial charge in [0.2, 0.25) is 0 Å². The number of carbonyl (C=O) groups excluding carboxylic acids is 2. The molecule has 2 aromatic heterocycles. The van der Waals surface area contributed by atoms with E-state index >= 15 is 0 Å². The number of hydrogen-bond donors (Lipinski definition) is 3. The Bertz CT molecular complexity index is 1370. The van der Waals surface area contributed by atoms with E-state index in [1.807, 2.05) is 16.6 Å². The molecule has 0 aliphatic heterocycles. The number of methoxy groups -OCH3 is 1. The van der Waals surface area contributed by atoms with Crippen LogP contribution >= 0.6 is 0 Å². The summed E-state index contributed by atoms with van der Waals surface area (Å²) in [5.74, 6) is 1.31. The van der Waals surface area contributed by atoms with Crippen LogP contribution in [0.5, 0.6) is 17.2 Å². The van der Waals surface area contributed by atoms with Crippen molar-refractivity contribution in [2.75, 3.05) is 13.7 Å². The van der Waals surface area contributed by atoms with Crippen LogP contribution in [0.2, 0.25) is 0 Å². The zero-order chi connectivity index (χ0) is 27.7. The molecule has 3 aromatic rings. The number of ether oxygens (including phenoxy) is 3. The average Bonchev–Trinajstić information content (AvgIpc) is 3.65. The van der Waals surface area contributed by atoms with E-state index in [1.165, 1.54) is 0 Å². The first-order chi connectivity index (χ1) is 18.6. The summed E-state index contributed by atoms with van der Waals surface area (Å²) in [7, 11) is 1.55. The number of rotatable bonds is 10. The minimum absolute atomic E-state index is 0.00511. The van der Waals surface area contributed by atoms with Gasteiger partial charge in [0.1, 0.15) is 23.9 Å². The fourth-order valence-electron chi connectivity index (χ4n) is 5.04. The summed E-state index contributed by atoms with van der Waals surface area (Å²) >= 11 is 0. The van der Waals surface area contributed by atoms with Gasteiger partial charge in [-0.05, 0) is 76.6 Å². The zero-order valence-corrected chi connectivity index (χ0v) is 22.6. The van der Waals surface area contributed by atoms with E-state index in [1.54, 1.807) is 45.4 Å². The highest BCUT2D eigenvalue weighted by Gasteiger charge is 2.32. The normalized spacial score (nSPS) is 19.5. The van der Waals surface area contributed by atoms with Gasteiger partial charge in [0, 0.05) is 18.0 Å². The molecule has 4 N–H and O–H groups in total. The molecule has 0 atom stereocenters. The maximum Gasteiger partial charge on any atom is 0.255 e. The van der Waals surface area contributed by atoms with Crippen molar-refractivity contribution in [3.63, 3.8) is 0 Å². The SMILES string of the molecule is COc1ccc(C(N)=O)c(OC2CCC(NC(=O)c3cnn4c(C5CC5)c(OCC(C)(C)O)ccc34)CC2)c1. The second-order valence-corrected chi connectivity index (χ2v) is 11.1. The quantitative estimate of drug-likeness (QED) is 0.360. The van der Waals surface area contributed by atoms with Crippen LogP contribution in [0.1, 0.15) is 84.7 Å². The van der Waals surface area contributed by atoms with Gasteiger partial charge >= 0.3 is 0 Å². The minimum Gasteiger partial charge on any atom is -0.497 e. The number of carbonyl (C=O) groups is 2. The molecular weight excluding hydrogens is 500 g/mol. The first-order valence-corrected chi connectivity index (χ1v) is 13.4. The van der Waals surface area contributed by atoms with Gasteiger partial charge in [-0.2, -0.15) is 5.10 Å². The molecule has 2 heterocycles. The molecule has 2 saturated carbocycles. The van der Waals surface area contributed by atoms with E-state index in [4.69, 9.17) is 19.9 Å². The topological polar surface area (TPSA) is 137 Å². The molecule has 39 heavy (non-hydrogen) atoms. The van der Waals surface area contributed by atoms with Gasteiger partial charge in [-0.1, -0.05) is 0 Å². The summed E-state index contributed by atoms with van der Waals surface area (Å²) in [5.41, 5.74) is 7.08. The maximum atomic E-state index is 13.3. The van der Waals surface area contributed by atoms with E-state index in [0.29, 0.717) is 34.3 Å². The third-order valence-electron chi connectivity index (χ3n) is 7.23. The minimum atomic E-state index is -0.951. The van der Waals surface area contributed by atoms with E-state index in [-0.39, 0.29) is 24.7 Å². The van der Waals surface area contributed by atoms with Crippen LogP contribution < -0.4 is 25.3 Å². The third kappa shape index (κ3) is 6.11. The largest absolute Gasteiger partial charge is 0.497 e. The van der Waals surface area contributed by atoms with Crippen molar-refractivity contribution >= 4 is 17.3 Å². The predicted octanol–water partition coefficient (Wildman–Crippen LogP) is 3.59. The number of nitrogens with one attached hydrogen (secondary N) is 1. The van der Waals surface area contributed by atoms with Gasteiger partial charge in [0.05, 0.1) is 47.3 Å². The lowest BCUT2D eigenvalue weighted by Crippen LogP contribution is -2.39. The Hall–Kier alpha value is -3.79. The molecule has 10 nitrogen and oxygen atoms in total. The number of pyridine rings is 1. The highest BCUT2D eigenvalue weighted by atomic mass is 16.5. The van der Waals surface area contributed by atoms with Crippen molar-refractivity contribution in [1.29, 1.82) is 0 Å². The van der Waals surface area contributed by atoms with Crippen molar-refractivity contribution < 1.29 is 28.9 Å². The number of amides is 2. The zero-order valence-electron chi connectivity index (χ0n) is 22.6. The summed E-state index contributed by atoms with van der Waals surface area (Å²) in [6.07, 6.45) is 6.54. The number of nitrogens with two attached hydrogens (primary N) is 1. The molecule has 0 spiro atoms. The van der Waals surface area contributed by atoms with Crippen LogP contribution in [-0.4, -0.2) is 58.0 Å². The van der Waals surface area contributed by atoms with Gasteiger partial charge in [-0.3, -0.25) is 9.59 Å². The Morgan fingerprint density at radius 1 is 1.08 bits per heavy atom. The Labute approximate surface area is 227 Å². The molecule has 0 saturated heterocycles. The molecule has 5 rings (SSSR count). The van der Waals surface area contributed by atoms with Crippen molar-refractivity contribution in [3.8, 4) is 17.2 Å². The number of hydrogen-bond acceptors (Lipinski definition) is 7. The first-order valence-electron chi connectivity index (χ1n) is 13.4. The van der Waals surface area contributed by atoms with Crippen molar-refractivity contribution in [2.24, 2.45) is 5.73 Å². The third-order valence-corrected chi connectivity index (χ3v) is 7.23. The van der Waals surface area contributed by atoms with Crippen LogP contribution in [0, 0.1) is 0 Å². The number of benzene rings is 1. The fourth-order valence-corrected chi connectivity index (χ4v) is 5.04. The Kier molecular flexibility index (Phi) is 7.40. The molecule has 208 valence electrons. The molecule has 2 aliphatic rings. The smallest absolute Gasteiger partial charge is 0.255 e. The highest BCUT2D eigenvalue weighted by Crippen LogP contribution is 2.44. The van der Waals surface area contributed by atoms with E-state index < -0.39 is 11.5 Å². The number of fused-ring (bicyclic) bond motifs is 1. The molecule has 1 aromatic carbocycles. The monoisotopic (exact) mass is 536 g/mol. The second-order valence-electron chi connectivity index (χ2n) is 11.1. The van der Waals surface area contributed by atoms with Crippen LogP contribution in [0.25, 0.3) is 5.52 Å². The van der Waals surface area contributed by atoms with Crippen LogP contribution in [0.3, 0.4) is 0 Å². The van der Waals surface area contributed by atoms with Crippen LogP contribution in [0.15, 0.2) is 36.5 Å². The lowest BCUT2D eigenvalue weighted by Gasteiger charge is -2.30. The number of aromatic nitrogens is 2. The maximum absolute atomic E-state index is 13.3. The highest BCUT2D eigenvalue weighted by molar-refractivity contribution is 6.01. The standard InChI is InChI=1S/C29H36N4O6/c1-29(2,36)16-38-24-13-12-23-22(15-31-33(23)26(24)17-4-5-17)28(35)32-18-6-8-19(9-7-18)39-25-14-20(37-3)10-11-21(25)27(30)34/h10-15,17-19,36H,4-9,16H2,1-3H3,(H2,30,34)(H,32,35). The van der Waals surface area contributed by atoms with Gasteiger partial charge in [0.25, 0.3) is 11.8 Å². The Morgan fingerprint density at radius 3 is 2.46 bits per heavy atom. The van der Waals surface area contributed by atoms with E-state index in [2.05, 4.69) is 10.4 Å². The second kappa shape index (κ2) is 10.8. The molecular formula is C29H36N4O6. The van der Waals surface area contributed by atoms with E-state index in [9.17, 15) is 14.7 Å². The molecule has 10 heteroatoms. The van der Waals surface area contributed by atoms with Gasteiger partial charge in [-0.15, -0.1) is 0 Å². The summed E-state index contributed by atoms with van der Waals surface area (Å²) < 4.78 is 19.1. The fraction of sp³-hybridized carbons (Fsp3) is 0.483. The average molecular weight is 537 g/mol. The Balaban J connectivity index is 1.23. The molecule has 0 radical (unpaired) electrons. The van der Waals surface area contributed by atoms with Crippen LogP contribution in [-0.2, 0) is 0 Å². The first kappa shape index (κ1) is 26.8. The number of nitrogens with zero attached hydrogens (tertiary/aromatic N) is 2. The van der Waals surface area contributed by atoms with Crippen molar-refractivity contribution in [2.45, 2.75) is 76.0 Å². The lowest BCUT2D eigenvalue weighted by molar-refractivity contribution is 0.0279. The molecule has 0 unspecified atom stereocenters. The molecule has 2 fully saturated rings. The molecule has 0 bridgehead atoms. The molecule has 2 aliphatic carbocycles. The van der Waals surface area contributed by atoms with Gasteiger partial charge < -0.3 is 30.4 Å². The summed E-state index contributed by atoms with van der Waals surface area (Å²) in [6, 6.07) is 8.69. The van der Waals surface area contributed by atoms with Gasteiger partial charge in [0.15, 0.2) is 0 Å². The van der Waals surface area contributed by atoms with E-state index in [0.717, 1.165) is 49.7 Å². The molecule has 2 amide bonds. The summed E-state index contributed by atoms with van der Waals surface area (Å²) in [6.45, 7) is 3.58. The van der Waals surface area contributed by atoms with Gasteiger partial charge in [-0.25, -0.2) is 4.52 Å². The van der Waals surface area contributed by atoms with Crippen molar-refractivity contribution in [1.82, 2.24) is 14.9 Å². The number of primary amides is 1. The summed E-state index contributed by atoms with van der Waals surface area (Å²) in [4.78, 5) is 25.1. The van der Waals surface area contributed by atoms with Crippen molar-refractivity contribution in [3.05, 3.63) is 53.3 Å². The Morgan fingerprint density at radius 2 is 1.82 bits per heavy atom. The predicted molar refractivity (Wildman–Crippen MR) is 145 cm³/mol. The number of aliphatic hydroxyl groups is 1. The van der Waals surface area contributed by atoms with Crippen LogP contribution in [0.4, 0.5) is 0 Å².